The molecule has 0 radical (unpaired) electrons. The summed E-state index contributed by atoms with van der Waals surface area (Å²) in [6, 6.07) is 5.70. The van der Waals surface area contributed by atoms with Crippen LogP contribution < -0.4 is 10.2 Å². The van der Waals surface area contributed by atoms with E-state index in [1.165, 1.54) is 25.3 Å². The van der Waals surface area contributed by atoms with Gasteiger partial charge in [0.1, 0.15) is 5.56 Å². The molecule has 1 aromatic carbocycles. The minimum absolute atomic E-state index is 0.0300. The van der Waals surface area contributed by atoms with Gasteiger partial charge in [-0.05, 0) is 12.1 Å². The largest absolute Gasteiger partial charge is 0.493 e. The highest BCUT2D eigenvalue weighted by Crippen LogP contribution is 2.02. The fourth-order valence-electron chi connectivity index (χ4n) is 0.908. The molecule has 4 nitrogen and oxygen atoms in total. The summed E-state index contributed by atoms with van der Waals surface area (Å²) in [5, 5.41) is 8.64. The van der Waals surface area contributed by atoms with Crippen LogP contribution in [0.4, 0.5) is 0 Å². The van der Waals surface area contributed by atoms with Gasteiger partial charge in [-0.3, -0.25) is 4.79 Å². The highest BCUT2D eigenvalue weighted by molar-refractivity contribution is 5.87. The predicted molar refractivity (Wildman–Crippen MR) is 46.2 cm³/mol. The molecule has 13 heavy (non-hydrogen) atoms. The highest BCUT2D eigenvalue weighted by Gasteiger charge is 2.09. The molecular formula is C9H8O4. The van der Waals surface area contributed by atoms with E-state index in [1.54, 1.807) is 6.07 Å². The Morgan fingerprint density at radius 3 is 2.54 bits per heavy atom. The van der Waals surface area contributed by atoms with E-state index in [0.29, 0.717) is 0 Å². The number of aromatic carboxylic acids is 1. The maximum absolute atomic E-state index is 11.3. The van der Waals surface area contributed by atoms with Gasteiger partial charge < -0.3 is 9.84 Å². The smallest absolute Gasteiger partial charge is 0.339 e. The Bertz CT molecular complexity index is 384. The standard InChI is InChI=1S/C9H8O4/c1-13-7-5-3-2-4-6(8(7)10)9(11)12/h2-5H,1H3,(H,11,12). The Morgan fingerprint density at radius 1 is 1.38 bits per heavy atom. The van der Waals surface area contributed by atoms with E-state index >= 15 is 0 Å². The normalized spacial score (nSPS) is 9.31. The lowest BCUT2D eigenvalue weighted by Crippen LogP contribution is -2.13. The van der Waals surface area contributed by atoms with E-state index in [9.17, 15) is 9.59 Å². The molecule has 0 aliphatic carbocycles. The minimum Gasteiger partial charge on any atom is -0.493 e. The van der Waals surface area contributed by atoms with Crippen LogP contribution >= 0.6 is 0 Å². The van der Waals surface area contributed by atoms with E-state index < -0.39 is 11.4 Å². The average molecular weight is 180 g/mol. The number of carbonyl (C=O) groups is 1. The van der Waals surface area contributed by atoms with E-state index in [-0.39, 0.29) is 11.3 Å². The predicted octanol–water partition coefficient (Wildman–Crippen LogP) is 0.754. The summed E-state index contributed by atoms with van der Waals surface area (Å²) in [7, 11) is 1.32. The third-order valence-electron chi connectivity index (χ3n) is 1.54. The molecule has 0 unspecified atom stereocenters. The molecule has 1 rings (SSSR count). The van der Waals surface area contributed by atoms with Crippen LogP contribution in [0.5, 0.6) is 5.75 Å². The van der Waals surface area contributed by atoms with Crippen LogP contribution in [0, 0.1) is 0 Å². The van der Waals surface area contributed by atoms with Gasteiger partial charge in [-0.1, -0.05) is 12.1 Å². The second-order valence-corrected chi connectivity index (χ2v) is 2.33. The van der Waals surface area contributed by atoms with Gasteiger partial charge in [-0.2, -0.15) is 0 Å². The van der Waals surface area contributed by atoms with Crippen molar-refractivity contribution in [1.29, 1.82) is 0 Å². The zero-order valence-corrected chi connectivity index (χ0v) is 6.98. The van der Waals surface area contributed by atoms with Crippen LogP contribution in [0.3, 0.4) is 0 Å². The molecular weight excluding hydrogens is 172 g/mol. The van der Waals surface area contributed by atoms with Crippen molar-refractivity contribution >= 4 is 5.97 Å². The lowest BCUT2D eigenvalue weighted by Gasteiger charge is -1.93. The lowest BCUT2D eigenvalue weighted by atomic mass is 10.3. The lowest BCUT2D eigenvalue weighted by molar-refractivity contribution is 0.0695. The molecule has 1 N–H and O–H groups in total. The molecule has 0 heterocycles. The van der Waals surface area contributed by atoms with Crippen molar-refractivity contribution in [3.63, 3.8) is 0 Å². The highest BCUT2D eigenvalue weighted by atomic mass is 16.5. The molecule has 0 spiro atoms. The van der Waals surface area contributed by atoms with Crippen molar-refractivity contribution in [3.05, 3.63) is 40.1 Å². The first-order valence-electron chi connectivity index (χ1n) is 3.57. The van der Waals surface area contributed by atoms with Gasteiger partial charge in [0.25, 0.3) is 0 Å². The zero-order chi connectivity index (χ0) is 9.84. The molecule has 0 aromatic heterocycles. The number of carboxylic acids is 1. The number of rotatable bonds is 2. The van der Waals surface area contributed by atoms with Crippen LogP contribution in [-0.4, -0.2) is 18.2 Å². The van der Waals surface area contributed by atoms with Crippen LogP contribution in [0.25, 0.3) is 0 Å². The number of methoxy groups -OCH3 is 1. The van der Waals surface area contributed by atoms with Crippen molar-refractivity contribution in [2.45, 2.75) is 0 Å². The number of ether oxygens (including phenoxy) is 1. The fraction of sp³-hybridized carbons (Fsp3) is 0.111. The summed E-state index contributed by atoms with van der Waals surface area (Å²) in [6.45, 7) is 0. The first-order chi connectivity index (χ1) is 6.16. The Kier molecular flexibility index (Phi) is 2.64. The Morgan fingerprint density at radius 2 is 2.00 bits per heavy atom. The molecule has 0 atom stereocenters. The Balaban J connectivity index is 3.49. The molecule has 0 saturated heterocycles. The van der Waals surface area contributed by atoms with Gasteiger partial charge in [-0.15, -0.1) is 0 Å². The Labute approximate surface area is 74.4 Å². The SMILES string of the molecule is COc1ccccc(C(=O)O)c1=O. The molecule has 0 saturated carbocycles. The summed E-state index contributed by atoms with van der Waals surface area (Å²) in [5.41, 5.74) is -0.901. The average Bonchev–Trinajstić information content (AvgIpc) is 2.26. The van der Waals surface area contributed by atoms with E-state index in [4.69, 9.17) is 9.84 Å². The van der Waals surface area contributed by atoms with Crippen molar-refractivity contribution in [2.75, 3.05) is 7.11 Å². The zero-order valence-electron chi connectivity index (χ0n) is 6.98. The van der Waals surface area contributed by atoms with E-state index in [2.05, 4.69) is 0 Å². The van der Waals surface area contributed by atoms with Crippen molar-refractivity contribution < 1.29 is 14.6 Å². The maximum atomic E-state index is 11.3. The third kappa shape index (κ3) is 1.84. The van der Waals surface area contributed by atoms with Gasteiger partial charge in [-0.25, -0.2) is 4.79 Å². The second kappa shape index (κ2) is 3.71. The molecule has 0 aliphatic heterocycles. The monoisotopic (exact) mass is 180 g/mol. The number of carboxylic acid groups (broad SMARTS) is 1. The van der Waals surface area contributed by atoms with Gasteiger partial charge >= 0.3 is 5.97 Å². The molecule has 0 bridgehead atoms. The van der Waals surface area contributed by atoms with Crippen molar-refractivity contribution in [2.24, 2.45) is 0 Å². The quantitative estimate of drug-likeness (QED) is 0.729. The summed E-state index contributed by atoms with van der Waals surface area (Å²) < 4.78 is 4.72. The molecule has 0 aliphatic rings. The first kappa shape index (κ1) is 9.25. The molecule has 0 amide bonds. The van der Waals surface area contributed by atoms with Gasteiger partial charge in [0.2, 0.25) is 5.43 Å². The minimum atomic E-state index is -1.25. The summed E-state index contributed by atoms with van der Waals surface area (Å²) in [5.74, 6) is -1.22. The van der Waals surface area contributed by atoms with Crippen LogP contribution in [-0.2, 0) is 0 Å². The van der Waals surface area contributed by atoms with Crippen LogP contribution in [0.1, 0.15) is 10.4 Å². The van der Waals surface area contributed by atoms with Crippen molar-refractivity contribution in [1.82, 2.24) is 0 Å². The summed E-state index contributed by atoms with van der Waals surface area (Å²) in [6.07, 6.45) is 0. The van der Waals surface area contributed by atoms with Crippen molar-refractivity contribution in [3.8, 4) is 5.75 Å². The third-order valence-corrected chi connectivity index (χ3v) is 1.54. The Hall–Kier alpha value is -1.84. The van der Waals surface area contributed by atoms with E-state index in [0.717, 1.165) is 0 Å². The van der Waals surface area contributed by atoms with Gasteiger partial charge in [0, 0.05) is 0 Å². The van der Waals surface area contributed by atoms with E-state index in [1.807, 2.05) is 0 Å². The van der Waals surface area contributed by atoms with Crippen LogP contribution in [0.2, 0.25) is 0 Å². The second-order valence-electron chi connectivity index (χ2n) is 2.33. The van der Waals surface area contributed by atoms with Gasteiger partial charge in [0.15, 0.2) is 5.75 Å². The topological polar surface area (TPSA) is 63.6 Å². The fourth-order valence-corrected chi connectivity index (χ4v) is 0.908. The maximum Gasteiger partial charge on any atom is 0.339 e. The van der Waals surface area contributed by atoms with Crippen LogP contribution in [0.15, 0.2) is 29.1 Å². The first-order valence-corrected chi connectivity index (χ1v) is 3.57. The molecule has 4 heteroatoms. The van der Waals surface area contributed by atoms with Gasteiger partial charge in [0.05, 0.1) is 7.11 Å². The summed E-state index contributed by atoms with van der Waals surface area (Å²) in [4.78, 5) is 21.9. The molecule has 68 valence electrons. The number of hydrogen-bond donors (Lipinski definition) is 1. The summed E-state index contributed by atoms with van der Waals surface area (Å²) >= 11 is 0. The number of hydrogen-bond acceptors (Lipinski definition) is 3. The molecule has 1 aromatic rings. The molecule has 0 fully saturated rings.